The molecule has 8 nitrogen and oxygen atoms in total. The molecule has 3 N–H and O–H groups in total. The van der Waals surface area contributed by atoms with E-state index in [1.54, 1.807) is 36.4 Å². The average Bonchev–Trinajstić information content (AvgIpc) is 3.26. The van der Waals surface area contributed by atoms with Gasteiger partial charge in [-0.1, -0.05) is 30.3 Å². The van der Waals surface area contributed by atoms with E-state index in [1.807, 2.05) is 6.07 Å². The Hall–Kier alpha value is -3.69. The number of primary amides is 1. The van der Waals surface area contributed by atoms with Gasteiger partial charge in [0.15, 0.2) is 0 Å². The molecule has 0 spiro atoms. The lowest BCUT2D eigenvalue weighted by Crippen LogP contribution is -2.36. The van der Waals surface area contributed by atoms with Crippen LogP contribution in [0.15, 0.2) is 82.8 Å². The summed E-state index contributed by atoms with van der Waals surface area (Å²) in [5.41, 5.74) is 6.61. The highest BCUT2D eigenvalue weighted by Crippen LogP contribution is 2.15. The number of carbonyl (C=O) groups excluding carboxylic acids is 2. The van der Waals surface area contributed by atoms with Crippen molar-refractivity contribution in [2.75, 3.05) is 11.9 Å². The maximum Gasteiger partial charge on any atom is 0.248 e. The molecule has 3 aromatic rings. The topological polar surface area (TPSA) is 123 Å². The van der Waals surface area contributed by atoms with Crippen molar-refractivity contribution in [3.05, 3.63) is 95.3 Å². The number of nitrogens with zero attached hydrogens (tertiary/aromatic N) is 1. The van der Waals surface area contributed by atoms with Crippen LogP contribution in [0.3, 0.4) is 0 Å². The van der Waals surface area contributed by atoms with Crippen LogP contribution < -0.4 is 11.1 Å². The summed E-state index contributed by atoms with van der Waals surface area (Å²) in [4.78, 5) is 23.7. The minimum atomic E-state index is -3.93. The lowest BCUT2D eigenvalue weighted by molar-refractivity contribution is -0.116. The molecule has 0 atom stereocenters. The predicted molar refractivity (Wildman–Crippen MR) is 117 cm³/mol. The van der Waals surface area contributed by atoms with E-state index in [9.17, 15) is 18.0 Å². The van der Waals surface area contributed by atoms with Gasteiger partial charge in [0, 0.05) is 16.7 Å². The molecule has 0 bridgehead atoms. The Morgan fingerprint density at radius 2 is 1.71 bits per heavy atom. The molecule has 0 saturated carbocycles. The Bertz CT molecular complexity index is 1160. The average molecular weight is 439 g/mol. The number of hydrogen-bond acceptors (Lipinski definition) is 5. The Morgan fingerprint density at radius 1 is 1.00 bits per heavy atom. The van der Waals surface area contributed by atoms with Crippen LogP contribution in [-0.2, 0) is 21.4 Å². The lowest BCUT2D eigenvalue weighted by Gasteiger charge is -2.19. The summed E-state index contributed by atoms with van der Waals surface area (Å²) in [7, 11) is -3.93. The second kappa shape index (κ2) is 9.88. The molecule has 160 valence electrons. The molecule has 0 aliphatic carbocycles. The lowest BCUT2D eigenvalue weighted by atomic mass is 10.2. The largest absolute Gasteiger partial charge is 0.468 e. The van der Waals surface area contributed by atoms with E-state index in [2.05, 4.69) is 5.32 Å². The summed E-state index contributed by atoms with van der Waals surface area (Å²) < 4.78 is 32.1. The van der Waals surface area contributed by atoms with Gasteiger partial charge in [0.05, 0.1) is 19.4 Å². The Balaban J connectivity index is 1.75. The summed E-state index contributed by atoms with van der Waals surface area (Å²) in [5, 5.41) is 3.67. The number of nitrogens with two attached hydrogens (primary N) is 1. The van der Waals surface area contributed by atoms with Gasteiger partial charge >= 0.3 is 0 Å². The molecule has 2 amide bonds. The van der Waals surface area contributed by atoms with Crippen molar-refractivity contribution in [3.63, 3.8) is 0 Å². The van der Waals surface area contributed by atoms with Gasteiger partial charge in [0.25, 0.3) is 0 Å². The smallest absolute Gasteiger partial charge is 0.248 e. The van der Waals surface area contributed by atoms with Crippen LogP contribution in [0.2, 0.25) is 0 Å². The predicted octanol–water partition coefficient (Wildman–Crippen LogP) is 2.82. The molecule has 9 heteroatoms. The molecule has 0 fully saturated rings. The van der Waals surface area contributed by atoms with Crippen molar-refractivity contribution in [1.82, 2.24) is 4.31 Å². The Labute approximate surface area is 180 Å². The monoisotopic (exact) mass is 439 g/mol. The minimum absolute atomic E-state index is 0.109. The van der Waals surface area contributed by atoms with Gasteiger partial charge in [0.1, 0.15) is 5.76 Å². The van der Waals surface area contributed by atoms with Gasteiger partial charge in [-0.15, -0.1) is 0 Å². The van der Waals surface area contributed by atoms with E-state index in [1.165, 1.54) is 36.6 Å². The number of amides is 2. The Kier molecular flexibility index (Phi) is 7.01. The molecule has 0 unspecified atom stereocenters. The van der Waals surface area contributed by atoms with Crippen LogP contribution in [0, 0.1) is 0 Å². The molecule has 0 saturated heterocycles. The van der Waals surface area contributed by atoms with E-state index in [0.717, 1.165) is 9.71 Å². The highest BCUT2D eigenvalue weighted by molar-refractivity contribution is 7.92. The molecule has 1 aromatic heterocycles. The van der Waals surface area contributed by atoms with Gasteiger partial charge in [-0.3, -0.25) is 9.59 Å². The maximum absolute atomic E-state index is 12.9. The minimum Gasteiger partial charge on any atom is -0.468 e. The second-order valence-corrected chi connectivity index (χ2v) is 8.41. The number of anilines is 1. The molecule has 31 heavy (non-hydrogen) atoms. The van der Waals surface area contributed by atoms with E-state index in [4.69, 9.17) is 10.2 Å². The van der Waals surface area contributed by atoms with Gasteiger partial charge in [-0.05, 0) is 48.0 Å². The van der Waals surface area contributed by atoms with Gasteiger partial charge in [-0.25, -0.2) is 8.42 Å². The first-order valence-electron chi connectivity index (χ1n) is 9.29. The summed E-state index contributed by atoms with van der Waals surface area (Å²) in [6, 6.07) is 18.2. The van der Waals surface area contributed by atoms with Crippen LogP contribution in [-0.4, -0.2) is 31.1 Å². The van der Waals surface area contributed by atoms with Crippen molar-refractivity contribution in [3.8, 4) is 0 Å². The summed E-state index contributed by atoms with van der Waals surface area (Å²) >= 11 is 0. The van der Waals surface area contributed by atoms with Crippen LogP contribution >= 0.6 is 0 Å². The number of hydrogen-bond donors (Lipinski definition) is 2. The molecule has 3 rings (SSSR count). The van der Waals surface area contributed by atoms with E-state index >= 15 is 0 Å². The van der Waals surface area contributed by atoms with Crippen molar-refractivity contribution in [2.45, 2.75) is 6.54 Å². The summed E-state index contributed by atoms with van der Waals surface area (Å²) in [6.07, 6.45) is 2.89. The molecular weight excluding hydrogens is 418 g/mol. The van der Waals surface area contributed by atoms with E-state index < -0.39 is 28.4 Å². The van der Waals surface area contributed by atoms with Crippen molar-refractivity contribution in [2.24, 2.45) is 5.73 Å². The van der Waals surface area contributed by atoms with Crippen LogP contribution in [0.4, 0.5) is 5.69 Å². The fourth-order valence-corrected chi connectivity index (χ4v) is 3.81. The van der Waals surface area contributed by atoms with Crippen LogP contribution in [0.25, 0.3) is 6.08 Å². The standard InChI is InChI=1S/C22H21N3O5S/c23-22(27)18-8-10-19(11-9-18)24-21(26)16-25(15-20-7-4-13-30-20)31(28,29)14-12-17-5-2-1-3-6-17/h1-14H,15-16H2,(H2,23,27)(H,24,26)/b14-12+. The maximum atomic E-state index is 12.9. The summed E-state index contributed by atoms with van der Waals surface area (Å²) in [5.74, 6) is -0.732. The number of furan rings is 1. The first kappa shape index (κ1) is 22.0. The van der Waals surface area contributed by atoms with Crippen molar-refractivity contribution in [1.29, 1.82) is 0 Å². The Morgan fingerprint density at radius 3 is 2.32 bits per heavy atom. The van der Waals surface area contributed by atoms with Gasteiger partial charge in [-0.2, -0.15) is 4.31 Å². The quantitative estimate of drug-likeness (QED) is 0.531. The zero-order valence-electron chi connectivity index (χ0n) is 16.5. The fraction of sp³-hybridized carbons (Fsp3) is 0.0909. The van der Waals surface area contributed by atoms with Crippen LogP contribution in [0.5, 0.6) is 0 Å². The number of rotatable bonds is 9. The highest BCUT2D eigenvalue weighted by Gasteiger charge is 2.24. The molecular formula is C22H21N3O5S. The van der Waals surface area contributed by atoms with Gasteiger partial charge < -0.3 is 15.5 Å². The third-order valence-electron chi connectivity index (χ3n) is 4.28. The third kappa shape index (κ3) is 6.39. The first-order chi connectivity index (χ1) is 14.8. The first-order valence-corrected chi connectivity index (χ1v) is 10.8. The van der Waals surface area contributed by atoms with Gasteiger partial charge in [0.2, 0.25) is 21.8 Å². The van der Waals surface area contributed by atoms with Crippen molar-refractivity contribution < 1.29 is 22.4 Å². The van der Waals surface area contributed by atoms with E-state index in [0.29, 0.717) is 22.6 Å². The molecule has 1 heterocycles. The molecule has 0 aliphatic heterocycles. The number of carbonyl (C=O) groups is 2. The SMILES string of the molecule is NC(=O)c1ccc(NC(=O)CN(Cc2ccco2)S(=O)(=O)/C=C/c2ccccc2)cc1. The number of benzene rings is 2. The summed E-state index contributed by atoms with van der Waals surface area (Å²) in [6.45, 7) is -0.539. The fourth-order valence-electron chi connectivity index (χ4n) is 2.71. The number of nitrogens with one attached hydrogen (secondary N) is 1. The molecule has 2 aromatic carbocycles. The van der Waals surface area contributed by atoms with E-state index in [-0.39, 0.29) is 6.54 Å². The highest BCUT2D eigenvalue weighted by atomic mass is 32.2. The third-order valence-corrected chi connectivity index (χ3v) is 5.74. The van der Waals surface area contributed by atoms with Crippen LogP contribution in [0.1, 0.15) is 21.7 Å². The molecule has 0 aliphatic rings. The second-order valence-electron chi connectivity index (χ2n) is 6.60. The zero-order chi connectivity index (χ0) is 22.3. The number of sulfonamides is 1. The van der Waals surface area contributed by atoms with Crippen molar-refractivity contribution >= 4 is 33.6 Å². The normalized spacial score (nSPS) is 11.6. The molecule has 0 radical (unpaired) electrons. The zero-order valence-corrected chi connectivity index (χ0v) is 17.3.